The molecule has 0 aliphatic heterocycles. The number of nitrogens with zero attached hydrogens (tertiary/aromatic N) is 2. The van der Waals surface area contributed by atoms with E-state index in [1.807, 2.05) is 16.9 Å². The lowest BCUT2D eigenvalue weighted by Crippen LogP contribution is -2.16. The predicted octanol–water partition coefficient (Wildman–Crippen LogP) is 1.45. The Labute approximate surface area is 97.4 Å². The van der Waals surface area contributed by atoms with E-state index in [1.54, 1.807) is 7.11 Å². The second kappa shape index (κ2) is 8.71. The Morgan fingerprint density at radius 3 is 2.93 bits per heavy atom. The van der Waals surface area contributed by atoms with E-state index in [2.05, 4.69) is 17.3 Å². The van der Waals surface area contributed by atoms with E-state index in [1.165, 1.54) is 0 Å². The summed E-state index contributed by atoms with van der Waals surface area (Å²) in [6.45, 7) is 5.66. The highest BCUT2D eigenvalue weighted by molar-refractivity contribution is 5.85. The molecule has 0 amide bonds. The molecule has 1 rings (SSSR count). The average molecular weight is 234 g/mol. The van der Waals surface area contributed by atoms with Gasteiger partial charge in [0.2, 0.25) is 0 Å². The van der Waals surface area contributed by atoms with Gasteiger partial charge in [-0.2, -0.15) is 5.10 Å². The highest BCUT2D eigenvalue weighted by Crippen LogP contribution is 1.94. The average Bonchev–Trinajstić information content (AvgIpc) is 2.65. The Morgan fingerprint density at radius 2 is 2.33 bits per heavy atom. The highest BCUT2D eigenvalue weighted by atomic mass is 35.5. The lowest BCUT2D eigenvalue weighted by molar-refractivity contribution is 0.194. The van der Waals surface area contributed by atoms with Crippen LogP contribution in [0.1, 0.15) is 19.0 Å². The molecule has 0 aliphatic carbocycles. The monoisotopic (exact) mass is 233 g/mol. The van der Waals surface area contributed by atoms with Crippen LogP contribution in [0.3, 0.4) is 0 Å². The van der Waals surface area contributed by atoms with Gasteiger partial charge in [-0.25, -0.2) is 0 Å². The number of halogens is 1. The molecule has 1 heterocycles. The first-order chi connectivity index (χ1) is 6.86. The fraction of sp³-hybridized carbons (Fsp3) is 0.700. The minimum Gasteiger partial charge on any atom is -0.385 e. The molecule has 1 N–H and O–H groups in total. The number of hydrogen-bond acceptors (Lipinski definition) is 3. The van der Waals surface area contributed by atoms with Crippen LogP contribution in [0.2, 0.25) is 0 Å². The maximum absolute atomic E-state index is 4.96. The van der Waals surface area contributed by atoms with Gasteiger partial charge in [0.05, 0.1) is 5.69 Å². The van der Waals surface area contributed by atoms with Crippen LogP contribution in [-0.4, -0.2) is 30.0 Å². The van der Waals surface area contributed by atoms with Crippen LogP contribution in [0, 0.1) is 0 Å². The number of ether oxygens (including phenoxy) is 1. The summed E-state index contributed by atoms with van der Waals surface area (Å²) in [5.41, 5.74) is 1.10. The minimum absolute atomic E-state index is 0. The molecule has 1 aromatic heterocycles. The first-order valence-corrected chi connectivity index (χ1v) is 5.08. The topological polar surface area (TPSA) is 39.1 Å². The third-order valence-electron chi connectivity index (χ3n) is 2.03. The van der Waals surface area contributed by atoms with Gasteiger partial charge in [-0.3, -0.25) is 4.68 Å². The Kier molecular flexibility index (Phi) is 8.37. The Hall–Kier alpha value is -0.580. The van der Waals surface area contributed by atoms with Crippen molar-refractivity contribution in [3.63, 3.8) is 0 Å². The van der Waals surface area contributed by atoms with Crippen LogP contribution in [0.4, 0.5) is 0 Å². The van der Waals surface area contributed by atoms with Gasteiger partial charge in [-0.15, -0.1) is 12.4 Å². The third kappa shape index (κ3) is 5.77. The predicted molar refractivity (Wildman–Crippen MR) is 63.3 cm³/mol. The summed E-state index contributed by atoms with van der Waals surface area (Å²) in [4.78, 5) is 0. The maximum atomic E-state index is 4.96. The molecule has 0 aliphatic rings. The Morgan fingerprint density at radius 1 is 1.53 bits per heavy atom. The van der Waals surface area contributed by atoms with Gasteiger partial charge < -0.3 is 10.1 Å². The lowest BCUT2D eigenvalue weighted by atomic mass is 10.4. The van der Waals surface area contributed by atoms with Crippen molar-refractivity contribution in [2.24, 2.45) is 0 Å². The molecule has 0 aromatic carbocycles. The number of aromatic nitrogens is 2. The summed E-state index contributed by atoms with van der Waals surface area (Å²) in [5.74, 6) is 0. The van der Waals surface area contributed by atoms with Crippen LogP contribution in [0.15, 0.2) is 12.3 Å². The van der Waals surface area contributed by atoms with Crippen LogP contribution >= 0.6 is 12.4 Å². The lowest BCUT2D eigenvalue weighted by Gasteiger charge is -2.01. The summed E-state index contributed by atoms with van der Waals surface area (Å²) < 4.78 is 6.89. The molecule has 0 spiro atoms. The van der Waals surface area contributed by atoms with Crippen LogP contribution in [0.5, 0.6) is 0 Å². The van der Waals surface area contributed by atoms with Crippen molar-refractivity contribution in [3.8, 4) is 0 Å². The van der Waals surface area contributed by atoms with Crippen molar-refractivity contribution in [2.75, 3.05) is 20.3 Å². The van der Waals surface area contributed by atoms with Gasteiger partial charge in [0, 0.05) is 33.0 Å². The number of nitrogens with one attached hydrogen (secondary N) is 1. The Bertz CT molecular complexity index is 253. The zero-order valence-electron chi connectivity index (χ0n) is 9.40. The molecule has 0 fully saturated rings. The quantitative estimate of drug-likeness (QED) is 0.725. The Balaban J connectivity index is 0.00000196. The van der Waals surface area contributed by atoms with Crippen LogP contribution in [-0.2, 0) is 17.8 Å². The molecule has 0 bridgehead atoms. The van der Waals surface area contributed by atoms with E-state index >= 15 is 0 Å². The first-order valence-electron chi connectivity index (χ1n) is 5.08. The zero-order chi connectivity index (χ0) is 10.2. The standard InChI is InChI=1S/C10H19N3O.ClH/c1-3-13-7-5-10(12-13)9-11-6-4-8-14-2;/h5,7,11H,3-4,6,8-9H2,1-2H3;1H. The van der Waals surface area contributed by atoms with Gasteiger partial charge in [0.25, 0.3) is 0 Å². The van der Waals surface area contributed by atoms with E-state index in [9.17, 15) is 0 Å². The molecular weight excluding hydrogens is 214 g/mol. The molecule has 15 heavy (non-hydrogen) atoms. The second-order valence-corrected chi connectivity index (χ2v) is 3.19. The van der Waals surface area contributed by atoms with Crippen molar-refractivity contribution >= 4 is 12.4 Å². The fourth-order valence-corrected chi connectivity index (χ4v) is 1.23. The van der Waals surface area contributed by atoms with Crippen LogP contribution < -0.4 is 5.32 Å². The molecule has 0 radical (unpaired) electrons. The number of aryl methyl sites for hydroxylation is 1. The van der Waals surface area contributed by atoms with Gasteiger partial charge in [-0.1, -0.05) is 0 Å². The summed E-state index contributed by atoms with van der Waals surface area (Å²) in [6, 6.07) is 2.05. The second-order valence-electron chi connectivity index (χ2n) is 3.19. The van der Waals surface area contributed by atoms with Gasteiger partial charge in [-0.05, 0) is 26.0 Å². The number of hydrogen-bond donors (Lipinski definition) is 1. The molecule has 4 nitrogen and oxygen atoms in total. The van der Waals surface area contributed by atoms with E-state index in [0.717, 1.165) is 38.4 Å². The summed E-state index contributed by atoms with van der Waals surface area (Å²) in [6.07, 6.45) is 3.05. The normalized spacial score (nSPS) is 10.0. The van der Waals surface area contributed by atoms with Crippen molar-refractivity contribution in [1.82, 2.24) is 15.1 Å². The third-order valence-corrected chi connectivity index (χ3v) is 2.03. The first kappa shape index (κ1) is 14.4. The molecule has 0 saturated heterocycles. The van der Waals surface area contributed by atoms with E-state index in [0.29, 0.717) is 0 Å². The van der Waals surface area contributed by atoms with Crippen LogP contribution in [0.25, 0.3) is 0 Å². The van der Waals surface area contributed by atoms with Gasteiger partial charge in [0.1, 0.15) is 0 Å². The molecule has 1 aromatic rings. The molecule has 88 valence electrons. The van der Waals surface area contributed by atoms with Crippen molar-refractivity contribution < 1.29 is 4.74 Å². The molecule has 5 heteroatoms. The minimum atomic E-state index is 0. The van der Waals surface area contributed by atoms with Crippen molar-refractivity contribution in [1.29, 1.82) is 0 Å². The smallest absolute Gasteiger partial charge is 0.0762 e. The fourth-order valence-electron chi connectivity index (χ4n) is 1.23. The zero-order valence-corrected chi connectivity index (χ0v) is 10.2. The summed E-state index contributed by atoms with van der Waals surface area (Å²) >= 11 is 0. The highest BCUT2D eigenvalue weighted by Gasteiger charge is 1.96. The summed E-state index contributed by atoms with van der Waals surface area (Å²) in [5, 5.41) is 7.69. The molecule has 0 unspecified atom stereocenters. The SMILES string of the molecule is CCn1ccc(CNCCCOC)n1.Cl. The van der Waals surface area contributed by atoms with E-state index in [4.69, 9.17) is 4.74 Å². The molecule has 0 saturated carbocycles. The van der Waals surface area contributed by atoms with Gasteiger partial charge >= 0.3 is 0 Å². The molecule has 0 atom stereocenters. The van der Waals surface area contributed by atoms with Gasteiger partial charge in [0.15, 0.2) is 0 Å². The largest absolute Gasteiger partial charge is 0.385 e. The van der Waals surface area contributed by atoms with Crippen molar-refractivity contribution in [2.45, 2.75) is 26.4 Å². The van der Waals surface area contributed by atoms with E-state index in [-0.39, 0.29) is 12.4 Å². The van der Waals surface area contributed by atoms with E-state index < -0.39 is 0 Å². The van der Waals surface area contributed by atoms with Crippen molar-refractivity contribution in [3.05, 3.63) is 18.0 Å². The number of methoxy groups -OCH3 is 1. The maximum Gasteiger partial charge on any atom is 0.0762 e. The summed E-state index contributed by atoms with van der Waals surface area (Å²) in [7, 11) is 1.73. The number of rotatable bonds is 7. The molecular formula is C10H20ClN3O.